The Balaban J connectivity index is 1.56. The highest BCUT2D eigenvalue weighted by Gasteiger charge is 2.34. The van der Waals surface area contributed by atoms with Gasteiger partial charge in [0.05, 0.1) is 30.7 Å². The third kappa shape index (κ3) is 5.02. The zero-order valence-corrected chi connectivity index (χ0v) is 17.5. The number of nitrogens with one attached hydrogen (secondary N) is 2. The van der Waals surface area contributed by atoms with Gasteiger partial charge in [0, 0.05) is 25.2 Å². The van der Waals surface area contributed by atoms with E-state index in [0.29, 0.717) is 24.8 Å². The number of ether oxygens (including phenoxy) is 1. The normalized spacial score (nSPS) is 18.4. The Labute approximate surface area is 180 Å². The fourth-order valence-corrected chi connectivity index (χ4v) is 3.74. The molecule has 1 amide bonds. The molecule has 6 N–H and O–H groups in total. The van der Waals surface area contributed by atoms with Gasteiger partial charge in [-0.2, -0.15) is 0 Å². The van der Waals surface area contributed by atoms with Crippen molar-refractivity contribution in [3.63, 3.8) is 0 Å². The minimum absolute atomic E-state index is 0.0379. The van der Waals surface area contributed by atoms with Gasteiger partial charge in [-0.05, 0) is 43.9 Å². The topological polar surface area (TPSA) is 131 Å². The number of rotatable bonds is 8. The molecule has 1 aliphatic carbocycles. The predicted octanol–water partition coefficient (Wildman–Crippen LogP) is 1.83. The van der Waals surface area contributed by atoms with Crippen LogP contribution in [0.1, 0.15) is 30.1 Å². The Morgan fingerprint density at radius 2 is 2.03 bits per heavy atom. The second-order valence-electron chi connectivity index (χ2n) is 8.08. The number of halogens is 1. The number of aromatic nitrogens is 2. The molecule has 166 valence electrons. The maximum atomic E-state index is 14.7. The van der Waals surface area contributed by atoms with Gasteiger partial charge in [-0.25, -0.2) is 14.4 Å². The molecule has 3 heterocycles. The first-order valence-electron chi connectivity index (χ1n) is 10.5. The van der Waals surface area contributed by atoms with Gasteiger partial charge in [0.1, 0.15) is 11.6 Å². The van der Waals surface area contributed by atoms with Crippen LogP contribution in [0.5, 0.6) is 0 Å². The molecule has 2 atom stereocenters. The van der Waals surface area contributed by atoms with Crippen LogP contribution in [0, 0.1) is 11.7 Å². The van der Waals surface area contributed by atoms with Crippen LogP contribution in [0.4, 0.5) is 27.5 Å². The largest absolute Gasteiger partial charge is 0.378 e. The zero-order valence-electron chi connectivity index (χ0n) is 17.5. The number of carbonyl (C=O) groups is 1. The molecular formula is C21H28FN7O2. The molecule has 1 saturated carbocycles. The summed E-state index contributed by atoms with van der Waals surface area (Å²) in [6, 6.07) is 4.54. The molecule has 4 rings (SSSR count). The second-order valence-corrected chi connectivity index (χ2v) is 8.08. The number of nitrogens with zero attached hydrogens (tertiary/aromatic N) is 3. The molecule has 31 heavy (non-hydrogen) atoms. The Morgan fingerprint density at radius 1 is 1.29 bits per heavy atom. The molecule has 0 spiro atoms. The van der Waals surface area contributed by atoms with Gasteiger partial charge in [-0.1, -0.05) is 0 Å². The fourth-order valence-electron chi connectivity index (χ4n) is 3.74. The van der Waals surface area contributed by atoms with E-state index in [1.54, 1.807) is 6.20 Å². The fraction of sp³-hybridized carbons (Fsp3) is 0.476. The first-order valence-corrected chi connectivity index (χ1v) is 10.5. The van der Waals surface area contributed by atoms with Crippen molar-refractivity contribution in [2.45, 2.75) is 31.8 Å². The van der Waals surface area contributed by atoms with E-state index in [4.69, 9.17) is 16.2 Å². The molecule has 2 aromatic heterocycles. The van der Waals surface area contributed by atoms with E-state index in [1.807, 2.05) is 19.1 Å². The van der Waals surface area contributed by atoms with Crippen LogP contribution < -0.4 is 27.0 Å². The van der Waals surface area contributed by atoms with Gasteiger partial charge < -0.3 is 31.7 Å². The summed E-state index contributed by atoms with van der Waals surface area (Å²) in [4.78, 5) is 22.8. The summed E-state index contributed by atoms with van der Waals surface area (Å²) in [7, 11) is 0. The summed E-state index contributed by atoms with van der Waals surface area (Å²) in [6.07, 6.45) is 3.74. The van der Waals surface area contributed by atoms with E-state index in [-0.39, 0.29) is 29.3 Å². The van der Waals surface area contributed by atoms with Crippen molar-refractivity contribution in [3.8, 4) is 0 Å². The van der Waals surface area contributed by atoms with Crippen LogP contribution in [0.15, 0.2) is 24.4 Å². The van der Waals surface area contributed by atoms with E-state index in [9.17, 15) is 9.18 Å². The van der Waals surface area contributed by atoms with Crippen molar-refractivity contribution in [2.75, 3.05) is 41.8 Å². The SMILES string of the molecule is C[C@H](N)[C@H](Nc1nc(Nc2ccc(N3CCOCC3)nc2)c(C(N)=O)cc1F)C1CC1. The van der Waals surface area contributed by atoms with E-state index < -0.39 is 11.7 Å². The van der Waals surface area contributed by atoms with Crippen molar-refractivity contribution < 1.29 is 13.9 Å². The van der Waals surface area contributed by atoms with Crippen molar-refractivity contribution in [1.82, 2.24) is 9.97 Å². The summed E-state index contributed by atoms with van der Waals surface area (Å²) in [5.74, 6) is 0.0137. The molecule has 1 saturated heterocycles. The van der Waals surface area contributed by atoms with Gasteiger partial charge in [-0.3, -0.25) is 4.79 Å². The lowest BCUT2D eigenvalue weighted by Crippen LogP contribution is -2.40. The monoisotopic (exact) mass is 429 g/mol. The molecule has 2 aromatic rings. The third-order valence-corrected chi connectivity index (χ3v) is 5.59. The molecule has 9 nitrogen and oxygen atoms in total. The molecule has 1 aliphatic heterocycles. The smallest absolute Gasteiger partial charge is 0.252 e. The molecule has 0 aromatic carbocycles. The minimum atomic E-state index is -0.774. The van der Waals surface area contributed by atoms with E-state index >= 15 is 0 Å². The van der Waals surface area contributed by atoms with Gasteiger partial charge in [0.25, 0.3) is 5.91 Å². The predicted molar refractivity (Wildman–Crippen MR) is 117 cm³/mol. The molecule has 2 aliphatic rings. The van der Waals surface area contributed by atoms with Gasteiger partial charge in [0.15, 0.2) is 11.6 Å². The second kappa shape index (κ2) is 9.03. The average molecular weight is 430 g/mol. The zero-order chi connectivity index (χ0) is 22.0. The summed E-state index contributed by atoms with van der Waals surface area (Å²) in [5, 5.41) is 6.16. The van der Waals surface area contributed by atoms with E-state index in [1.165, 1.54) is 0 Å². The third-order valence-electron chi connectivity index (χ3n) is 5.59. The van der Waals surface area contributed by atoms with Crippen LogP contribution in [0.25, 0.3) is 0 Å². The van der Waals surface area contributed by atoms with Crippen molar-refractivity contribution in [2.24, 2.45) is 17.4 Å². The number of nitrogens with two attached hydrogens (primary N) is 2. The minimum Gasteiger partial charge on any atom is -0.378 e. The number of anilines is 4. The van der Waals surface area contributed by atoms with E-state index in [2.05, 4.69) is 25.5 Å². The standard InChI is InChI=1S/C21H28FN7O2/c1-12(23)18(13-2-3-13)27-21-16(22)10-15(19(24)30)20(28-21)26-14-4-5-17(25-11-14)29-6-8-31-9-7-29/h4-5,10-13,18H,2-3,6-9,23H2,1H3,(H2,24,30)(H2,26,27,28)/t12-,18-/m0/s1. The molecule has 0 bridgehead atoms. The highest BCUT2D eigenvalue weighted by Crippen LogP contribution is 2.36. The van der Waals surface area contributed by atoms with Crippen LogP contribution in [0.2, 0.25) is 0 Å². The van der Waals surface area contributed by atoms with Gasteiger partial charge in [-0.15, -0.1) is 0 Å². The number of pyridine rings is 2. The lowest BCUT2D eigenvalue weighted by Gasteiger charge is -2.27. The molecule has 0 radical (unpaired) electrons. The Bertz CT molecular complexity index is 926. The number of amides is 1. The summed E-state index contributed by atoms with van der Waals surface area (Å²) >= 11 is 0. The number of morpholine rings is 1. The highest BCUT2D eigenvalue weighted by atomic mass is 19.1. The van der Waals surface area contributed by atoms with E-state index in [0.717, 1.165) is 37.8 Å². The van der Waals surface area contributed by atoms with Crippen LogP contribution >= 0.6 is 0 Å². The van der Waals surface area contributed by atoms with Crippen LogP contribution in [-0.4, -0.2) is 54.3 Å². The number of carbonyl (C=O) groups excluding carboxylic acids is 1. The van der Waals surface area contributed by atoms with Crippen molar-refractivity contribution in [1.29, 1.82) is 0 Å². The molecule has 2 fully saturated rings. The van der Waals surface area contributed by atoms with Crippen molar-refractivity contribution in [3.05, 3.63) is 35.8 Å². The first kappa shape index (κ1) is 21.3. The first-order chi connectivity index (χ1) is 14.9. The maximum absolute atomic E-state index is 14.7. The van der Waals surface area contributed by atoms with Gasteiger partial charge >= 0.3 is 0 Å². The number of hydrogen-bond acceptors (Lipinski definition) is 8. The quantitative estimate of drug-likeness (QED) is 0.500. The highest BCUT2D eigenvalue weighted by molar-refractivity contribution is 5.98. The summed E-state index contributed by atoms with van der Waals surface area (Å²) in [5.41, 5.74) is 12.1. The van der Waals surface area contributed by atoms with Crippen LogP contribution in [-0.2, 0) is 4.74 Å². The lowest BCUT2D eigenvalue weighted by molar-refractivity contribution is 0.100. The number of hydrogen-bond donors (Lipinski definition) is 4. The average Bonchev–Trinajstić information content (AvgIpc) is 3.59. The Hall–Kier alpha value is -2.98. The summed E-state index contributed by atoms with van der Waals surface area (Å²) in [6.45, 7) is 4.78. The Kier molecular flexibility index (Phi) is 6.19. The van der Waals surface area contributed by atoms with Gasteiger partial charge in [0.2, 0.25) is 0 Å². The molecule has 10 heteroatoms. The summed E-state index contributed by atoms with van der Waals surface area (Å²) < 4.78 is 20.0. The lowest BCUT2D eigenvalue weighted by atomic mass is 10.1. The maximum Gasteiger partial charge on any atom is 0.252 e. The Morgan fingerprint density at radius 3 is 2.61 bits per heavy atom. The van der Waals surface area contributed by atoms with Crippen molar-refractivity contribution >= 4 is 29.0 Å². The molecule has 0 unspecified atom stereocenters. The number of primary amides is 1. The van der Waals surface area contributed by atoms with Crippen LogP contribution in [0.3, 0.4) is 0 Å². The molecular weight excluding hydrogens is 401 g/mol.